The Hall–Kier alpha value is -1.37. The summed E-state index contributed by atoms with van der Waals surface area (Å²) in [5, 5.41) is 4.44. The van der Waals surface area contributed by atoms with Gasteiger partial charge in [-0.3, -0.25) is 0 Å². The van der Waals surface area contributed by atoms with Crippen LogP contribution in [0.25, 0.3) is 5.65 Å². The first-order chi connectivity index (χ1) is 9.67. The second-order valence-electron chi connectivity index (χ2n) is 5.58. The molecule has 7 heteroatoms. The van der Waals surface area contributed by atoms with Crippen LogP contribution in [-0.2, 0) is 4.74 Å². The van der Waals surface area contributed by atoms with Crippen LogP contribution in [0, 0.1) is 0 Å². The van der Waals surface area contributed by atoms with Gasteiger partial charge in [0.2, 0.25) is 5.28 Å². The third-order valence-electron chi connectivity index (χ3n) is 3.92. The molecule has 4 rings (SSSR count). The molecule has 2 saturated heterocycles. The van der Waals surface area contributed by atoms with Crippen LogP contribution < -0.4 is 4.90 Å². The van der Waals surface area contributed by atoms with E-state index in [2.05, 4.69) is 33.0 Å². The van der Waals surface area contributed by atoms with E-state index in [1.807, 2.05) is 12.3 Å². The van der Waals surface area contributed by atoms with E-state index in [9.17, 15) is 0 Å². The van der Waals surface area contributed by atoms with E-state index in [1.54, 1.807) is 4.52 Å². The average Bonchev–Trinajstić information content (AvgIpc) is 2.76. The summed E-state index contributed by atoms with van der Waals surface area (Å²) in [7, 11) is 2.15. The molecule has 2 bridgehead atoms. The average molecular weight is 294 g/mol. The lowest BCUT2D eigenvalue weighted by atomic mass is 10.1. The van der Waals surface area contributed by atoms with Gasteiger partial charge in [-0.2, -0.15) is 4.98 Å². The molecule has 20 heavy (non-hydrogen) atoms. The monoisotopic (exact) mass is 293 g/mol. The number of anilines is 1. The Morgan fingerprint density at radius 3 is 2.70 bits per heavy atom. The minimum absolute atomic E-state index is 0.280. The predicted molar refractivity (Wildman–Crippen MR) is 76.4 cm³/mol. The van der Waals surface area contributed by atoms with E-state index in [0.717, 1.165) is 37.5 Å². The molecular formula is C13H16ClN5O. The molecule has 4 heterocycles. The van der Waals surface area contributed by atoms with Crippen LogP contribution >= 0.6 is 11.6 Å². The van der Waals surface area contributed by atoms with Crippen molar-refractivity contribution in [3.8, 4) is 0 Å². The number of rotatable bonds is 1. The van der Waals surface area contributed by atoms with Gasteiger partial charge < -0.3 is 14.5 Å². The van der Waals surface area contributed by atoms with Crippen molar-refractivity contribution in [2.75, 3.05) is 38.1 Å². The van der Waals surface area contributed by atoms with E-state index in [4.69, 9.17) is 16.3 Å². The van der Waals surface area contributed by atoms with Crippen LogP contribution in [0.4, 0.5) is 5.69 Å². The number of likely N-dealkylation sites (N-methyl/N-ethyl adjacent to an activating group) is 1. The fourth-order valence-corrected chi connectivity index (χ4v) is 3.31. The van der Waals surface area contributed by atoms with Crippen LogP contribution in [0.3, 0.4) is 0 Å². The molecule has 0 N–H and O–H groups in total. The van der Waals surface area contributed by atoms with E-state index in [-0.39, 0.29) is 17.5 Å². The highest BCUT2D eigenvalue weighted by Gasteiger charge is 2.33. The molecule has 2 aliphatic heterocycles. The van der Waals surface area contributed by atoms with Gasteiger partial charge in [-0.1, -0.05) is 0 Å². The maximum absolute atomic E-state index is 6.00. The molecule has 0 amide bonds. The number of morpholine rings is 2. The van der Waals surface area contributed by atoms with Crippen molar-refractivity contribution in [1.82, 2.24) is 19.5 Å². The second kappa shape index (κ2) is 4.58. The minimum Gasteiger partial charge on any atom is -0.369 e. The molecule has 0 saturated carbocycles. The van der Waals surface area contributed by atoms with E-state index in [1.165, 1.54) is 0 Å². The molecule has 2 atom stereocenters. The largest absolute Gasteiger partial charge is 0.369 e. The summed E-state index contributed by atoms with van der Waals surface area (Å²) < 4.78 is 7.73. The molecule has 2 aliphatic rings. The fraction of sp³-hybridized carbons (Fsp3) is 0.538. The number of hydrogen-bond acceptors (Lipinski definition) is 5. The maximum Gasteiger partial charge on any atom is 0.243 e. The topological polar surface area (TPSA) is 45.9 Å². The lowest BCUT2D eigenvalue weighted by Crippen LogP contribution is -2.58. The number of fused-ring (bicyclic) bond motifs is 3. The van der Waals surface area contributed by atoms with Gasteiger partial charge in [0.25, 0.3) is 0 Å². The molecule has 0 aliphatic carbocycles. The number of halogens is 1. The van der Waals surface area contributed by atoms with Crippen LogP contribution in [-0.4, -0.2) is 64.9 Å². The summed E-state index contributed by atoms with van der Waals surface area (Å²) in [6.07, 6.45) is 2.55. The van der Waals surface area contributed by atoms with Crippen molar-refractivity contribution in [3.63, 3.8) is 0 Å². The van der Waals surface area contributed by atoms with Gasteiger partial charge in [0.1, 0.15) is 0 Å². The molecule has 106 valence electrons. The van der Waals surface area contributed by atoms with Gasteiger partial charge in [-0.15, -0.1) is 5.10 Å². The number of hydrogen-bond donors (Lipinski definition) is 0. The van der Waals surface area contributed by atoms with Crippen LogP contribution in [0.1, 0.15) is 0 Å². The van der Waals surface area contributed by atoms with Gasteiger partial charge in [0.05, 0.1) is 24.1 Å². The Morgan fingerprint density at radius 1 is 1.20 bits per heavy atom. The number of nitrogens with zero attached hydrogens (tertiary/aromatic N) is 5. The first-order valence-electron chi connectivity index (χ1n) is 6.78. The molecule has 2 aromatic rings. The highest BCUT2D eigenvalue weighted by molar-refractivity contribution is 6.28. The molecule has 2 unspecified atom stereocenters. The summed E-state index contributed by atoms with van der Waals surface area (Å²) >= 11 is 5.83. The normalized spacial score (nSPS) is 27.2. The van der Waals surface area contributed by atoms with Crippen molar-refractivity contribution >= 4 is 22.9 Å². The molecule has 0 spiro atoms. The van der Waals surface area contributed by atoms with Crippen molar-refractivity contribution in [2.24, 2.45) is 0 Å². The van der Waals surface area contributed by atoms with Gasteiger partial charge in [-0.05, 0) is 30.8 Å². The van der Waals surface area contributed by atoms with Crippen LogP contribution in [0.5, 0.6) is 0 Å². The number of ether oxygens (including phenoxy) is 1. The molecule has 6 nitrogen and oxygen atoms in total. The van der Waals surface area contributed by atoms with Gasteiger partial charge in [0, 0.05) is 26.2 Å². The Morgan fingerprint density at radius 2 is 1.95 bits per heavy atom. The van der Waals surface area contributed by atoms with Crippen molar-refractivity contribution < 1.29 is 4.74 Å². The molecular weight excluding hydrogens is 278 g/mol. The smallest absolute Gasteiger partial charge is 0.243 e. The highest BCUT2D eigenvalue weighted by atomic mass is 35.5. The SMILES string of the molecule is CN1CC2CN(c3ccc4nc(Cl)nn4c3)CC(C1)O2. The summed E-state index contributed by atoms with van der Waals surface area (Å²) in [5.74, 6) is 0. The minimum atomic E-state index is 0.280. The predicted octanol–water partition coefficient (Wildman–Crippen LogP) is 0.902. The van der Waals surface area contributed by atoms with Crippen LogP contribution in [0.15, 0.2) is 18.3 Å². The third kappa shape index (κ3) is 2.13. The Bertz CT molecular complexity index is 627. The molecule has 2 aromatic heterocycles. The second-order valence-corrected chi connectivity index (χ2v) is 5.92. The zero-order valence-corrected chi connectivity index (χ0v) is 12.0. The van der Waals surface area contributed by atoms with Gasteiger partial charge in [0.15, 0.2) is 5.65 Å². The molecule has 2 fully saturated rings. The standard InChI is InChI=1S/C13H16ClN5O/c1-17-5-10-7-18(8-11(6-17)20-10)9-2-3-12-15-13(14)16-19(12)4-9/h2-4,10-11H,5-8H2,1H3. The zero-order chi connectivity index (χ0) is 13.7. The van der Waals surface area contributed by atoms with Crippen molar-refractivity contribution in [2.45, 2.75) is 12.2 Å². The highest BCUT2D eigenvalue weighted by Crippen LogP contribution is 2.24. The summed E-state index contributed by atoms with van der Waals surface area (Å²) in [6, 6.07) is 4.02. The molecule has 0 aromatic carbocycles. The first-order valence-corrected chi connectivity index (χ1v) is 7.16. The Kier molecular flexibility index (Phi) is 2.83. The van der Waals surface area contributed by atoms with E-state index < -0.39 is 0 Å². The van der Waals surface area contributed by atoms with Crippen molar-refractivity contribution in [3.05, 3.63) is 23.6 Å². The lowest BCUT2D eigenvalue weighted by Gasteiger charge is -2.45. The summed E-state index contributed by atoms with van der Waals surface area (Å²) in [5.41, 5.74) is 1.91. The Labute approximate surface area is 121 Å². The van der Waals surface area contributed by atoms with Gasteiger partial charge >= 0.3 is 0 Å². The van der Waals surface area contributed by atoms with E-state index >= 15 is 0 Å². The van der Waals surface area contributed by atoms with Crippen molar-refractivity contribution in [1.29, 1.82) is 0 Å². The molecule has 0 radical (unpaired) electrons. The fourth-order valence-electron chi connectivity index (χ4n) is 3.14. The van der Waals surface area contributed by atoms with E-state index in [0.29, 0.717) is 0 Å². The maximum atomic E-state index is 6.00. The summed E-state index contributed by atoms with van der Waals surface area (Å²) in [4.78, 5) is 8.84. The van der Waals surface area contributed by atoms with Gasteiger partial charge in [-0.25, -0.2) is 4.52 Å². The zero-order valence-electron chi connectivity index (χ0n) is 11.2. The van der Waals surface area contributed by atoms with Crippen LogP contribution in [0.2, 0.25) is 5.28 Å². The lowest BCUT2D eigenvalue weighted by molar-refractivity contribution is -0.0875. The summed E-state index contributed by atoms with van der Waals surface area (Å²) in [6.45, 7) is 3.80. The quantitative estimate of drug-likeness (QED) is 0.782. The first kappa shape index (κ1) is 12.4. The number of pyridine rings is 1. The Balaban J connectivity index is 1.62. The third-order valence-corrected chi connectivity index (χ3v) is 4.08. The number of aromatic nitrogens is 3.